The van der Waals surface area contributed by atoms with E-state index in [-0.39, 0.29) is 62.8 Å². The Morgan fingerprint density at radius 2 is 1.14 bits per heavy atom. The quantitative estimate of drug-likeness (QED) is 0.126. The number of carbonyl (C=O) groups excluding carboxylic acids is 6. The van der Waals surface area contributed by atoms with Gasteiger partial charge in [0.05, 0.1) is 67.1 Å². The highest BCUT2D eigenvalue weighted by Gasteiger charge is 2.64. The molecule has 0 aromatic rings. The topological polar surface area (TPSA) is 207 Å². The summed E-state index contributed by atoms with van der Waals surface area (Å²) in [6.07, 6.45) is 4.00. The Kier molecular flexibility index (Phi) is 15.1. The lowest BCUT2D eigenvalue weighted by molar-refractivity contribution is -0.146. The number of fused-ring (bicyclic) bond motifs is 6. The predicted molar refractivity (Wildman–Crippen MR) is 243 cm³/mol. The molecule has 5 heterocycles. The minimum Gasteiger partial charge on any atom is -0.469 e. The summed E-state index contributed by atoms with van der Waals surface area (Å²) in [5.74, 6) is -3.76. The second kappa shape index (κ2) is 19.4. The molecule has 5 aliphatic heterocycles. The highest BCUT2D eigenvalue weighted by atomic mass is 16.5. The maximum Gasteiger partial charge on any atom is 0.306 e. The number of aliphatic imine (C=N–C) groups is 3. The number of nitrogens with zero attached hydrogens (tertiary/aromatic N) is 3. The van der Waals surface area contributed by atoms with Gasteiger partial charge in [-0.25, -0.2) is 0 Å². The third kappa shape index (κ3) is 9.32. The largest absolute Gasteiger partial charge is 0.469 e. The van der Waals surface area contributed by atoms with Crippen LogP contribution in [0.4, 0.5) is 0 Å². The van der Waals surface area contributed by atoms with E-state index in [1.165, 1.54) is 42.7 Å². The fourth-order valence-electron chi connectivity index (χ4n) is 11.5. The zero-order valence-corrected chi connectivity index (χ0v) is 40.9. The molecule has 0 radical (unpaired) electrons. The Balaban J connectivity index is 1.96. The van der Waals surface area contributed by atoms with Gasteiger partial charge in [-0.1, -0.05) is 34.6 Å². The van der Waals surface area contributed by atoms with Gasteiger partial charge in [0.25, 0.3) is 0 Å². The summed E-state index contributed by atoms with van der Waals surface area (Å²) in [6.45, 7) is 16.2. The molecule has 16 heteroatoms. The molecule has 2 unspecified atom stereocenters. The van der Waals surface area contributed by atoms with Crippen molar-refractivity contribution >= 4 is 53.0 Å². The van der Waals surface area contributed by atoms with Gasteiger partial charge < -0.3 is 33.7 Å². The first-order valence-corrected chi connectivity index (χ1v) is 22.5. The maximum atomic E-state index is 13.7. The molecule has 1 saturated heterocycles. The molecule has 1 fully saturated rings. The highest BCUT2D eigenvalue weighted by molar-refractivity contribution is 6.10. The Hall–Kier alpha value is -5.15. The lowest BCUT2D eigenvalue weighted by Crippen LogP contribution is -2.52. The van der Waals surface area contributed by atoms with Crippen LogP contribution in [0.2, 0.25) is 0 Å². The second-order valence-electron chi connectivity index (χ2n) is 19.8. The third-order valence-electron chi connectivity index (χ3n) is 15.8. The smallest absolute Gasteiger partial charge is 0.306 e. The van der Waals surface area contributed by atoms with E-state index in [9.17, 15) is 28.8 Å². The van der Waals surface area contributed by atoms with E-state index in [0.717, 1.165) is 22.7 Å². The van der Waals surface area contributed by atoms with Crippen molar-refractivity contribution < 1.29 is 57.2 Å². The summed E-state index contributed by atoms with van der Waals surface area (Å²) in [7, 11) is 8.09. The highest BCUT2D eigenvalue weighted by Crippen LogP contribution is 2.61. The molecule has 8 bridgehead atoms. The molecule has 0 saturated carbocycles. The number of carbonyl (C=O) groups is 6. The van der Waals surface area contributed by atoms with Crippen LogP contribution in [0, 0.1) is 39.4 Å². The summed E-state index contributed by atoms with van der Waals surface area (Å²) in [5, 5.41) is 3.75. The molecule has 1 N–H and O–H groups in total. The van der Waals surface area contributed by atoms with Gasteiger partial charge in [0, 0.05) is 99.3 Å². The molecule has 0 aromatic carbocycles. The van der Waals surface area contributed by atoms with Crippen LogP contribution < -0.4 is 5.32 Å². The van der Waals surface area contributed by atoms with Crippen molar-refractivity contribution in [2.24, 2.45) is 54.4 Å². The average molecular weight is 907 g/mol. The van der Waals surface area contributed by atoms with Crippen molar-refractivity contribution in [1.82, 2.24) is 5.32 Å². The molecule has 0 amide bonds. The number of hydrogen-bond acceptors (Lipinski definition) is 16. The van der Waals surface area contributed by atoms with E-state index in [1.54, 1.807) is 0 Å². The van der Waals surface area contributed by atoms with E-state index < -0.39 is 69.0 Å². The Morgan fingerprint density at radius 1 is 0.646 bits per heavy atom. The SMILES string of the molecule is COC(=O)CC[C@@H]1C2=C(C)C3=NC(C[C@@]3(C)CCC(=O)OC)C3(C)N=C(/C(C)=C4\N/C(=C\C(=N2)C1(C)C)[C@@H](CCC(=O)OC)[C@]4(C)CC(=O)OC)[C@@H](CCC(=O)OC)[C@]3(C)CC(=O)OC. The van der Waals surface area contributed by atoms with Crippen LogP contribution in [0.1, 0.15) is 126 Å². The van der Waals surface area contributed by atoms with Gasteiger partial charge >= 0.3 is 35.8 Å². The van der Waals surface area contributed by atoms with E-state index in [2.05, 4.69) is 26.1 Å². The fourth-order valence-corrected chi connectivity index (χ4v) is 11.5. The molecular weight excluding hydrogens is 837 g/mol. The zero-order valence-electron chi connectivity index (χ0n) is 40.9. The van der Waals surface area contributed by atoms with Crippen LogP contribution in [0.15, 0.2) is 49.3 Å². The van der Waals surface area contributed by atoms with E-state index in [4.69, 9.17) is 43.4 Å². The molecule has 0 aromatic heterocycles. The van der Waals surface area contributed by atoms with E-state index in [1.807, 2.05) is 40.7 Å². The first kappa shape index (κ1) is 50.8. The van der Waals surface area contributed by atoms with Crippen LogP contribution in [0.3, 0.4) is 0 Å². The molecule has 8 atom stereocenters. The van der Waals surface area contributed by atoms with Gasteiger partial charge in [0.15, 0.2) is 0 Å². The predicted octanol–water partition coefficient (Wildman–Crippen LogP) is 6.75. The van der Waals surface area contributed by atoms with Crippen molar-refractivity contribution in [3.63, 3.8) is 0 Å². The maximum absolute atomic E-state index is 13.7. The van der Waals surface area contributed by atoms with Gasteiger partial charge in [-0.15, -0.1) is 0 Å². The summed E-state index contributed by atoms with van der Waals surface area (Å²) >= 11 is 0. The van der Waals surface area contributed by atoms with Crippen molar-refractivity contribution in [3.05, 3.63) is 34.3 Å². The molecule has 16 nitrogen and oxygen atoms in total. The fraction of sp³-hybridized carbons (Fsp3) is 0.694. The van der Waals surface area contributed by atoms with Crippen molar-refractivity contribution in [2.45, 2.75) is 138 Å². The summed E-state index contributed by atoms with van der Waals surface area (Å²) in [6, 6.07) is -0.558. The molecule has 5 rings (SSSR count). The molecule has 0 aliphatic carbocycles. The number of allylic oxidation sites excluding steroid dienone is 6. The average Bonchev–Trinajstić information content (AvgIpc) is 3.92. The first-order valence-electron chi connectivity index (χ1n) is 22.5. The summed E-state index contributed by atoms with van der Waals surface area (Å²) in [5.41, 5.74) is 1.26. The van der Waals surface area contributed by atoms with Crippen LogP contribution in [0.25, 0.3) is 0 Å². The van der Waals surface area contributed by atoms with Gasteiger partial charge in [0.2, 0.25) is 0 Å². The Bertz CT molecular complexity index is 2170. The standard InChI is InChI=1S/C49H70N4O12/c1-27-41-30(16-19-36(55)61-10)45(3,4)33(51-41)23-32-29(15-18-35(54)60-9)47(6,25-39(58)64-13)44(50-32)28(2)42-31(17-20-37(56)62-11)48(7,26-40(59)65-14)49(8,53-42)34-24-46(5,43(27)52-34)22-21-38(57)63-12/h23,29-31,34,50H,15-22,24-26H2,1-14H3/b32-23-,41-27?,44-28-/t29-,30-,31-,34?,46-,47+,48+,49?/m1/s1. The lowest BCUT2D eigenvalue weighted by atomic mass is 9.58. The van der Waals surface area contributed by atoms with Crippen LogP contribution in [0.5, 0.6) is 0 Å². The van der Waals surface area contributed by atoms with Crippen LogP contribution in [-0.4, -0.2) is 107 Å². The second-order valence-corrected chi connectivity index (χ2v) is 19.8. The van der Waals surface area contributed by atoms with Crippen molar-refractivity contribution in [1.29, 1.82) is 0 Å². The van der Waals surface area contributed by atoms with Crippen LogP contribution >= 0.6 is 0 Å². The van der Waals surface area contributed by atoms with Gasteiger partial charge in [-0.2, -0.15) is 0 Å². The molecule has 0 spiro atoms. The number of ether oxygens (including phenoxy) is 6. The molecule has 358 valence electrons. The monoisotopic (exact) mass is 906 g/mol. The summed E-state index contributed by atoms with van der Waals surface area (Å²) in [4.78, 5) is 95.7. The summed E-state index contributed by atoms with van der Waals surface area (Å²) < 4.78 is 31.2. The molecule has 65 heavy (non-hydrogen) atoms. The minimum atomic E-state index is -1.12. The molecular formula is C49H70N4O12. The number of hydrogen-bond donors (Lipinski definition) is 1. The number of rotatable bonds is 16. The number of esters is 6. The van der Waals surface area contributed by atoms with Crippen molar-refractivity contribution in [2.75, 3.05) is 42.7 Å². The third-order valence-corrected chi connectivity index (χ3v) is 15.8. The van der Waals surface area contributed by atoms with Crippen LogP contribution in [-0.2, 0) is 57.2 Å². The van der Waals surface area contributed by atoms with Crippen molar-refractivity contribution in [3.8, 4) is 0 Å². The van der Waals surface area contributed by atoms with E-state index in [0.29, 0.717) is 48.4 Å². The van der Waals surface area contributed by atoms with Gasteiger partial charge in [-0.05, 0) is 70.1 Å². The lowest BCUT2D eigenvalue weighted by Gasteiger charge is -2.45. The first-order chi connectivity index (χ1) is 30.4. The zero-order chi connectivity index (χ0) is 48.4. The number of nitrogens with one attached hydrogen (secondary N) is 1. The Labute approximate surface area is 383 Å². The van der Waals surface area contributed by atoms with Gasteiger partial charge in [-0.3, -0.25) is 43.7 Å². The normalized spacial score (nSPS) is 33.0. The Morgan fingerprint density at radius 3 is 1.68 bits per heavy atom. The number of methoxy groups -OCH3 is 6. The van der Waals surface area contributed by atoms with Gasteiger partial charge in [0.1, 0.15) is 0 Å². The van der Waals surface area contributed by atoms with E-state index >= 15 is 0 Å². The minimum absolute atomic E-state index is 0.0263. The molecule has 5 aliphatic rings.